The Morgan fingerprint density at radius 1 is 1.10 bits per heavy atom. The topological polar surface area (TPSA) is 90.0 Å². The minimum Gasteiger partial charge on any atom is -0.351 e. The third kappa shape index (κ3) is 5.22. The van der Waals surface area contributed by atoms with Crippen LogP contribution in [-0.2, 0) is 0 Å². The normalized spacial score (nSPS) is 14.6. The number of H-pyrrole nitrogens is 1. The number of hydrogen-bond donors (Lipinski definition) is 2. The fraction of sp³-hybridized carbons (Fsp3) is 0.333. The molecule has 1 saturated heterocycles. The van der Waals surface area contributed by atoms with Crippen molar-refractivity contribution in [3.05, 3.63) is 59.0 Å². The minimum atomic E-state index is -0.128. The van der Waals surface area contributed by atoms with E-state index in [0.29, 0.717) is 12.2 Å². The zero-order valence-corrected chi connectivity index (χ0v) is 18.2. The Balaban J connectivity index is 1.17. The minimum absolute atomic E-state index is 0.128. The van der Waals surface area contributed by atoms with E-state index in [-0.39, 0.29) is 5.91 Å². The molecule has 0 spiro atoms. The molecule has 0 radical (unpaired) electrons. The fourth-order valence-corrected chi connectivity index (χ4v) is 3.70. The van der Waals surface area contributed by atoms with Crippen LogP contribution in [0.3, 0.4) is 0 Å². The number of rotatable bonds is 7. The Labute approximate surface area is 183 Å². The molecular formula is C21H24BrN7O. The molecule has 9 heteroatoms. The molecule has 1 aromatic carbocycles. The van der Waals surface area contributed by atoms with E-state index in [1.807, 2.05) is 30.3 Å². The van der Waals surface area contributed by atoms with Gasteiger partial charge < -0.3 is 10.2 Å². The summed E-state index contributed by atoms with van der Waals surface area (Å²) in [6, 6.07) is 11.5. The lowest BCUT2D eigenvalue weighted by molar-refractivity contribution is 0.0946. The van der Waals surface area contributed by atoms with E-state index < -0.39 is 0 Å². The second-order valence-corrected chi connectivity index (χ2v) is 8.08. The van der Waals surface area contributed by atoms with Crippen molar-refractivity contribution in [2.45, 2.75) is 6.42 Å². The average Bonchev–Trinajstić information content (AvgIpc) is 3.28. The highest BCUT2D eigenvalue weighted by molar-refractivity contribution is 9.10. The first-order valence-electron chi connectivity index (χ1n) is 10.0. The first kappa shape index (κ1) is 20.5. The van der Waals surface area contributed by atoms with Gasteiger partial charge in [-0.05, 0) is 37.2 Å². The average molecular weight is 470 g/mol. The predicted molar refractivity (Wildman–Crippen MR) is 119 cm³/mol. The summed E-state index contributed by atoms with van der Waals surface area (Å²) in [7, 11) is 0. The molecule has 1 aliphatic heterocycles. The van der Waals surface area contributed by atoms with Crippen LogP contribution in [0.1, 0.15) is 16.9 Å². The molecule has 2 N–H and O–H groups in total. The highest BCUT2D eigenvalue weighted by Crippen LogP contribution is 2.20. The molecule has 1 amide bonds. The fourth-order valence-electron chi connectivity index (χ4n) is 3.43. The third-order valence-electron chi connectivity index (χ3n) is 5.11. The molecule has 3 heterocycles. The van der Waals surface area contributed by atoms with Crippen LogP contribution in [0.5, 0.6) is 0 Å². The maximum absolute atomic E-state index is 12.4. The summed E-state index contributed by atoms with van der Waals surface area (Å²) in [5.74, 6) is 0.670. The summed E-state index contributed by atoms with van der Waals surface area (Å²) in [5.41, 5.74) is 2.20. The number of aromatic nitrogens is 4. The van der Waals surface area contributed by atoms with Gasteiger partial charge in [-0.15, -0.1) is 0 Å². The van der Waals surface area contributed by atoms with Gasteiger partial charge in [-0.1, -0.05) is 28.1 Å². The molecule has 0 unspecified atom stereocenters. The summed E-state index contributed by atoms with van der Waals surface area (Å²) in [5, 5.41) is 10.0. The number of nitrogens with one attached hydrogen (secondary N) is 2. The van der Waals surface area contributed by atoms with E-state index in [2.05, 4.69) is 51.2 Å². The van der Waals surface area contributed by atoms with Crippen molar-refractivity contribution in [1.82, 2.24) is 30.4 Å². The van der Waals surface area contributed by atoms with Crippen LogP contribution in [0.25, 0.3) is 11.3 Å². The van der Waals surface area contributed by atoms with E-state index >= 15 is 0 Å². The van der Waals surface area contributed by atoms with Crippen LogP contribution in [0, 0.1) is 0 Å². The Morgan fingerprint density at radius 3 is 2.57 bits per heavy atom. The third-order valence-corrected chi connectivity index (χ3v) is 5.64. The van der Waals surface area contributed by atoms with E-state index in [1.54, 1.807) is 18.5 Å². The Bertz CT molecular complexity index is 953. The predicted octanol–water partition coefficient (Wildman–Crippen LogP) is 2.57. The zero-order chi connectivity index (χ0) is 20.8. The molecule has 156 valence electrons. The molecule has 30 heavy (non-hydrogen) atoms. The summed E-state index contributed by atoms with van der Waals surface area (Å²) in [6.07, 6.45) is 4.46. The summed E-state index contributed by atoms with van der Waals surface area (Å²) >= 11 is 3.42. The van der Waals surface area contributed by atoms with Gasteiger partial charge in [0.2, 0.25) is 5.95 Å². The lowest BCUT2D eigenvalue weighted by Crippen LogP contribution is -2.47. The van der Waals surface area contributed by atoms with Crippen molar-refractivity contribution in [1.29, 1.82) is 0 Å². The monoisotopic (exact) mass is 469 g/mol. The van der Waals surface area contributed by atoms with Gasteiger partial charge in [0.1, 0.15) is 5.69 Å². The van der Waals surface area contributed by atoms with Gasteiger partial charge in [0.15, 0.2) is 0 Å². The molecule has 3 aromatic rings. The van der Waals surface area contributed by atoms with Crippen LogP contribution < -0.4 is 10.2 Å². The molecule has 1 aliphatic rings. The van der Waals surface area contributed by atoms with Crippen LogP contribution in [0.15, 0.2) is 53.3 Å². The number of halogens is 1. The number of nitrogens with zero attached hydrogens (tertiary/aromatic N) is 5. The largest absolute Gasteiger partial charge is 0.351 e. The smallest absolute Gasteiger partial charge is 0.269 e. The maximum atomic E-state index is 12.4. The number of benzene rings is 1. The van der Waals surface area contributed by atoms with Crippen LogP contribution in [0.4, 0.5) is 5.95 Å². The molecule has 0 aliphatic carbocycles. The summed E-state index contributed by atoms with van der Waals surface area (Å²) in [4.78, 5) is 25.6. The van der Waals surface area contributed by atoms with Gasteiger partial charge in [-0.2, -0.15) is 5.10 Å². The Kier molecular flexibility index (Phi) is 6.70. The standard InChI is InChI=1S/C21H24BrN7O/c22-17-5-3-16(4-6-17)18-15-19(27-26-18)20(30)23-9-2-10-28-11-13-29(14-12-28)21-24-7-1-8-25-21/h1,3-8,15H,2,9-14H2,(H,23,30)(H,26,27). The molecule has 2 aromatic heterocycles. The zero-order valence-electron chi connectivity index (χ0n) is 16.6. The van der Waals surface area contributed by atoms with Crippen LogP contribution in [-0.4, -0.2) is 70.2 Å². The number of aromatic amines is 1. The molecular weight excluding hydrogens is 446 g/mol. The Hall–Kier alpha value is -2.78. The first-order chi connectivity index (χ1) is 14.7. The van der Waals surface area contributed by atoms with E-state index in [4.69, 9.17) is 0 Å². The number of carbonyl (C=O) groups excluding carboxylic acids is 1. The van der Waals surface area contributed by atoms with Crippen molar-refractivity contribution >= 4 is 27.8 Å². The summed E-state index contributed by atoms with van der Waals surface area (Å²) < 4.78 is 1.01. The number of piperazine rings is 1. The molecule has 0 bridgehead atoms. The molecule has 0 saturated carbocycles. The second-order valence-electron chi connectivity index (χ2n) is 7.16. The van der Waals surface area contributed by atoms with Crippen LogP contribution in [0.2, 0.25) is 0 Å². The van der Waals surface area contributed by atoms with Gasteiger partial charge in [0.25, 0.3) is 5.91 Å². The SMILES string of the molecule is O=C(NCCCN1CCN(c2ncccn2)CC1)c1cc(-c2ccc(Br)cc2)n[nH]1. The number of amides is 1. The van der Waals surface area contributed by atoms with Crippen molar-refractivity contribution in [3.63, 3.8) is 0 Å². The first-order valence-corrected chi connectivity index (χ1v) is 10.8. The lowest BCUT2D eigenvalue weighted by Gasteiger charge is -2.34. The van der Waals surface area contributed by atoms with Crippen molar-refractivity contribution in [2.75, 3.05) is 44.2 Å². The molecule has 8 nitrogen and oxygen atoms in total. The van der Waals surface area contributed by atoms with E-state index in [0.717, 1.165) is 60.8 Å². The van der Waals surface area contributed by atoms with Gasteiger partial charge >= 0.3 is 0 Å². The van der Waals surface area contributed by atoms with Crippen molar-refractivity contribution < 1.29 is 4.79 Å². The van der Waals surface area contributed by atoms with Gasteiger partial charge in [0, 0.05) is 55.2 Å². The van der Waals surface area contributed by atoms with Gasteiger partial charge in [-0.3, -0.25) is 14.8 Å². The van der Waals surface area contributed by atoms with Crippen molar-refractivity contribution in [3.8, 4) is 11.3 Å². The van der Waals surface area contributed by atoms with E-state index in [9.17, 15) is 4.79 Å². The Morgan fingerprint density at radius 2 is 1.83 bits per heavy atom. The van der Waals surface area contributed by atoms with Crippen molar-refractivity contribution in [2.24, 2.45) is 0 Å². The maximum Gasteiger partial charge on any atom is 0.269 e. The van der Waals surface area contributed by atoms with Gasteiger partial charge in [0.05, 0.1) is 5.69 Å². The van der Waals surface area contributed by atoms with Gasteiger partial charge in [-0.25, -0.2) is 9.97 Å². The lowest BCUT2D eigenvalue weighted by atomic mass is 10.1. The second kappa shape index (κ2) is 9.82. The summed E-state index contributed by atoms with van der Waals surface area (Å²) in [6.45, 7) is 5.38. The number of carbonyl (C=O) groups is 1. The highest BCUT2D eigenvalue weighted by Gasteiger charge is 2.18. The molecule has 0 atom stereocenters. The highest BCUT2D eigenvalue weighted by atomic mass is 79.9. The number of hydrogen-bond acceptors (Lipinski definition) is 6. The number of anilines is 1. The molecule has 1 fully saturated rings. The van der Waals surface area contributed by atoms with E-state index in [1.165, 1.54) is 0 Å². The van der Waals surface area contributed by atoms with Crippen LogP contribution >= 0.6 is 15.9 Å². The quantitative estimate of drug-likeness (QED) is 0.516. The molecule has 4 rings (SSSR count).